The van der Waals surface area contributed by atoms with Gasteiger partial charge in [-0.05, 0) is 18.4 Å². The van der Waals surface area contributed by atoms with Gasteiger partial charge in [0.15, 0.2) is 0 Å². The molecular formula is C24H41N3O3. The lowest BCUT2D eigenvalue weighted by atomic mass is 9.69. The van der Waals surface area contributed by atoms with Gasteiger partial charge in [-0.1, -0.05) is 62.4 Å². The maximum atomic E-state index is 13.5. The molecule has 1 saturated carbocycles. The maximum absolute atomic E-state index is 13.5. The zero-order chi connectivity index (χ0) is 22.3. The Kier molecular flexibility index (Phi) is 8.85. The largest absolute Gasteiger partial charge is 0.633 e. The van der Waals surface area contributed by atoms with E-state index in [9.17, 15) is 15.2 Å². The molecule has 1 fully saturated rings. The van der Waals surface area contributed by atoms with Crippen LogP contribution in [0.15, 0.2) is 30.3 Å². The summed E-state index contributed by atoms with van der Waals surface area (Å²) in [5.74, 6) is 0.0707. The van der Waals surface area contributed by atoms with Gasteiger partial charge in [-0.15, -0.1) is 0 Å². The molecule has 0 heterocycles. The number of hydrogen-bond donors (Lipinski definition) is 0. The summed E-state index contributed by atoms with van der Waals surface area (Å²) in [6, 6.07) is 10.5. The monoisotopic (exact) mass is 419 g/mol. The Bertz CT molecular complexity index is 624. The number of carbonyl (C=O) groups is 1. The third-order valence-electron chi connectivity index (χ3n) is 6.36. The first-order valence-corrected chi connectivity index (χ1v) is 11.4. The highest BCUT2D eigenvalue weighted by molar-refractivity contribution is 5.78. The van der Waals surface area contributed by atoms with Crippen molar-refractivity contribution in [1.29, 1.82) is 0 Å². The highest BCUT2D eigenvalue weighted by Gasteiger charge is 2.36. The Labute approximate surface area is 182 Å². The lowest BCUT2D eigenvalue weighted by molar-refractivity contribution is -0.842. The molecule has 1 aromatic carbocycles. The number of hydroxylamine groups is 6. The third-order valence-corrected chi connectivity index (χ3v) is 6.36. The van der Waals surface area contributed by atoms with Gasteiger partial charge in [-0.3, -0.25) is 4.79 Å². The van der Waals surface area contributed by atoms with Crippen molar-refractivity contribution < 1.29 is 14.1 Å². The molecule has 6 heteroatoms. The maximum Gasteiger partial charge on any atom is 0.223 e. The Morgan fingerprint density at radius 1 is 0.867 bits per heavy atom. The van der Waals surface area contributed by atoms with Gasteiger partial charge in [0.05, 0.1) is 54.4 Å². The lowest BCUT2D eigenvalue weighted by Crippen LogP contribution is -2.48. The summed E-state index contributed by atoms with van der Waals surface area (Å²) < 4.78 is -0.882. The quantitative estimate of drug-likeness (QED) is 0.448. The molecule has 0 aromatic heterocycles. The van der Waals surface area contributed by atoms with Crippen LogP contribution in [0, 0.1) is 10.4 Å². The fraction of sp³-hybridized carbons (Fsp3) is 0.708. The summed E-state index contributed by atoms with van der Waals surface area (Å²) in [5.41, 5.74) is 1.10. The minimum Gasteiger partial charge on any atom is -0.633 e. The Morgan fingerprint density at radius 2 is 1.33 bits per heavy atom. The van der Waals surface area contributed by atoms with Gasteiger partial charge < -0.3 is 24.6 Å². The Balaban J connectivity index is 2.23. The van der Waals surface area contributed by atoms with Crippen molar-refractivity contribution in [2.75, 3.05) is 54.4 Å². The van der Waals surface area contributed by atoms with Crippen LogP contribution in [0.4, 0.5) is 0 Å². The number of likely N-dealkylation sites (N-methyl/N-ethyl adjacent to an activating group) is 2. The topological polar surface area (TPSA) is 66.4 Å². The summed E-state index contributed by atoms with van der Waals surface area (Å²) in [6.45, 7) is 1.44. The first-order chi connectivity index (χ1) is 14.0. The fourth-order valence-electron chi connectivity index (χ4n) is 4.43. The van der Waals surface area contributed by atoms with E-state index in [0.717, 1.165) is 25.7 Å². The lowest BCUT2D eigenvalue weighted by Gasteiger charge is -2.40. The van der Waals surface area contributed by atoms with Crippen molar-refractivity contribution >= 4 is 5.91 Å². The highest BCUT2D eigenvalue weighted by atomic mass is 16.5. The van der Waals surface area contributed by atoms with Crippen LogP contribution < -0.4 is 0 Å². The van der Waals surface area contributed by atoms with Crippen molar-refractivity contribution in [3.63, 3.8) is 0 Å². The van der Waals surface area contributed by atoms with Crippen LogP contribution in [0.5, 0.6) is 0 Å². The van der Waals surface area contributed by atoms with Gasteiger partial charge in [-0.25, -0.2) is 0 Å². The number of amides is 1. The molecule has 0 unspecified atom stereocenters. The van der Waals surface area contributed by atoms with Gasteiger partial charge in [0.2, 0.25) is 5.91 Å². The minimum absolute atomic E-state index is 0.0707. The molecule has 1 aliphatic rings. The number of rotatable bonds is 9. The molecule has 2 rings (SSSR count). The molecule has 0 atom stereocenters. The summed E-state index contributed by atoms with van der Waals surface area (Å²) in [4.78, 5) is 15.3. The summed E-state index contributed by atoms with van der Waals surface area (Å²) >= 11 is 0. The van der Waals surface area contributed by atoms with E-state index in [-0.39, 0.29) is 11.3 Å². The number of carbonyl (C=O) groups excluding carboxylic acids is 1. The second-order valence-electron chi connectivity index (χ2n) is 10.1. The summed E-state index contributed by atoms with van der Waals surface area (Å²) in [6.07, 6.45) is 8.47. The third kappa shape index (κ3) is 8.34. The highest BCUT2D eigenvalue weighted by Crippen LogP contribution is 2.41. The van der Waals surface area contributed by atoms with Crippen molar-refractivity contribution in [3.05, 3.63) is 46.3 Å². The first kappa shape index (κ1) is 24.8. The molecule has 1 aliphatic carbocycles. The smallest absolute Gasteiger partial charge is 0.223 e. The average molecular weight is 420 g/mol. The number of quaternary nitrogens is 2. The van der Waals surface area contributed by atoms with E-state index in [2.05, 4.69) is 24.3 Å². The Morgan fingerprint density at radius 3 is 1.80 bits per heavy atom. The normalized spacial score (nSPS) is 17.8. The minimum atomic E-state index is -0.441. The van der Waals surface area contributed by atoms with E-state index >= 15 is 0 Å². The van der Waals surface area contributed by atoms with E-state index < -0.39 is 9.29 Å². The fourth-order valence-corrected chi connectivity index (χ4v) is 4.43. The molecular weight excluding hydrogens is 378 g/mol. The predicted molar refractivity (Wildman–Crippen MR) is 122 cm³/mol. The van der Waals surface area contributed by atoms with Crippen LogP contribution in [-0.4, -0.2) is 74.5 Å². The van der Waals surface area contributed by atoms with Crippen LogP contribution in [0.3, 0.4) is 0 Å². The zero-order valence-electron chi connectivity index (χ0n) is 19.4. The van der Waals surface area contributed by atoms with Crippen molar-refractivity contribution in [1.82, 2.24) is 4.90 Å². The number of nitrogens with zero attached hydrogens (tertiary/aromatic N) is 3. The Hall–Kier alpha value is -1.47. The molecule has 0 radical (unpaired) electrons. The molecule has 0 saturated heterocycles. The van der Waals surface area contributed by atoms with Crippen LogP contribution >= 0.6 is 0 Å². The first-order valence-electron chi connectivity index (χ1n) is 11.4. The molecule has 0 aliphatic heterocycles. The van der Waals surface area contributed by atoms with E-state index in [1.165, 1.54) is 24.8 Å². The van der Waals surface area contributed by atoms with Crippen LogP contribution in [0.25, 0.3) is 0 Å². The second-order valence-corrected chi connectivity index (χ2v) is 10.1. The SMILES string of the molecule is C[N+](C)([O-])CCN(CC[N+](C)(C)[O-])C(=O)CC1(c2ccccc2)CCCCCCC1. The summed E-state index contributed by atoms with van der Waals surface area (Å²) in [5, 5.41) is 24.2. The van der Waals surface area contributed by atoms with E-state index in [4.69, 9.17) is 0 Å². The van der Waals surface area contributed by atoms with Crippen molar-refractivity contribution in [3.8, 4) is 0 Å². The molecule has 170 valence electrons. The van der Waals surface area contributed by atoms with Crippen LogP contribution in [0.2, 0.25) is 0 Å². The van der Waals surface area contributed by atoms with Gasteiger partial charge in [0.25, 0.3) is 0 Å². The predicted octanol–water partition coefficient (Wildman–Crippen LogP) is 4.04. The van der Waals surface area contributed by atoms with Gasteiger partial charge in [0.1, 0.15) is 0 Å². The number of hydrogen-bond acceptors (Lipinski definition) is 3. The van der Waals surface area contributed by atoms with Gasteiger partial charge in [-0.2, -0.15) is 0 Å². The standard InChI is InChI=1S/C24H41N3O3/c1-26(2,29)19-17-25(18-20-27(3,4)30)23(28)21-24(22-13-9-8-10-14-22)15-11-6-5-7-12-16-24/h8-10,13-14H,5-7,11-12,15-21H2,1-4H3. The zero-order valence-corrected chi connectivity index (χ0v) is 19.4. The van der Waals surface area contributed by atoms with Gasteiger partial charge >= 0.3 is 0 Å². The van der Waals surface area contributed by atoms with E-state index in [1.54, 1.807) is 33.1 Å². The molecule has 1 aromatic rings. The van der Waals surface area contributed by atoms with Gasteiger partial charge in [0, 0.05) is 11.8 Å². The molecule has 0 bridgehead atoms. The van der Waals surface area contributed by atoms with E-state index in [1.807, 2.05) is 6.07 Å². The average Bonchev–Trinajstić information content (AvgIpc) is 2.63. The summed E-state index contributed by atoms with van der Waals surface area (Å²) in [7, 11) is 6.38. The molecule has 30 heavy (non-hydrogen) atoms. The number of benzene rings is 1. The molecule has 1 amide bonds. The van der Waals surface area contributed by atoms with Crippen molar-refractivity contribution in [2.24, 2.45) is 0 Å². The second kappa shape index (κ2) is 10.7. The van der Waals surface area contributed by atoms with Crippen molar-refractivity contribution in [2.45, 2.75) is 56.8 Å². The van der Waals surface area contributed by atoms with Crippen LogP contribution in [0.1, 0.15) is 56.9 Å². The molecule has 6 nitrogen and oxygen atoms in total. The molecule has 0 N–H and O–H groups in total. The molecule has 0 spiro atoms. The van der Waals surface area contributed by atoms with Crippen LogP contribution in [-0.2, 0) is 10.2 Å². The van der Waals surface area contributed by atoms with E-state index in [0.29, 0.717) is 32.6 Å².